The zero-order valence-electron chi connectivity index (χ0n) is 22.1. The Bertz CT molecular complexity index is 1280. The summed E-state index contributed by atoms with van der Waals surface area (Å²) < 4.78 is 26.7. The van der Waals surface area contributed by atoms with Crippen LogP contribution in [-0.4, -0.2) is 52.3 Å². The van der Waals surface area contributed by atoms with Crippen LogP contribution in [0, 0.1) is 0 Å². The van der Waals surface area contributed by atoms with Crippen molar-refractivity contribution in [3.63, 3.8) is 0 Å². The molecular formula is C29H32N2O7. The fourth-order valence-electron chi connectivity index (χ4n) is 4.61. The average Bonchev–Trinajstić information content (AvgIpc) is 2.96. The topological polar surface area (TPSA) is 95.6 Å². The summed E-state index contributed by atoms with van der Waals surface area (Å²) in [7, 11) is 7.57. The number of esters is 1. The van der Waals surface area contributed by atoms with Gasteiger partial charge in [-0.3, -0.25) is 10.1 Å². The Hall–Kier alpha value is -4.24. The van der Waals surface area contributed by atoms with Gasteiger partial charge in [-0.15, -0.1) is 0 Å². The molecule has 9 heteroatoms. The van der Waals surface area contributed by atoms with Gasteiger partial charge in [0, 0.05) is 13.1 Å². The number of ether oxygens (including phenoxy) is 5. The maximum Gasteiger partial charge on any atom is 0.333 e. The number of carbonyl (C=O) groups is 2. The van der Waals surface area contributed by atoms with Crippen molar-refractivity contribution in [3.05, 3.63) is 82.9 Å². The fraction of sp³-hybridized carbons (Fsp3) is 0.310. The summed E-state index contributed by atoms with van der Waals surface area (Å²) in [5.41, 5.74) is 3.04. The predicted octanol–water partition coefficient (Wildman–Crippen LogP) is 3.81. The smallest absolute Gasteiger partial charge is 0.333 e. The highest BCUT2D eigenvalue weighted by Gasteiger charge is 2.44. The number of fused-ring (bicyclic) bond motifs is 1. The van der Waals surface area contributed by atoms with Gasteiger partial charge in [0.1, 0.15) is 17.5 Å². The molecule has 1 amide bonds. The summed E-state index contributed by atoms with van der Waals surface area (Å²) in [6.07, 6.45) is 0. The van der Waals surface area contributed by atoms with Crippen molar-refractivity contribution in [2.75, 3.05) is 35.5 Å². The van der Waals surface area contributed by atoms with Crippen LogP contribution in [0.4, 0.5) is 0 Å². The van der Waals surface area contributed by atoms with Gasteiger partial charge in [0.2, 0.25) is 5.91 Å². The third-order valence-electron chi connectivity index (χ3n) is 6.64. The first-order valence-electron chi connectivity index (χ1n) is 12.1. The highest BCUT2D eigenvalue weighted by molar-refractivity contribution is 5.93. The van der Waals surface area contributed by atoms with Crippen LogP contribution in [0.15, 0.2) is 60.7 Å². The van der Waals surface area contributed by atoms with Crippen molar-refractivity contribution in [2.24, 2.45) is 0 Å². The van der Waals surface area contributed by atoms with Gasteiger partial charge in [0.15, 0.2) is 17.5 Å². The van der Waals surface area contributed by atoms with Crippen molar-refractivity contribution in [1.29, 1.82) is 0 Å². The quantitative estimate of drug-likeness (QED) is 0.404. The van der Waals surface area contributed by atoms with E-state index < -0.39 is 18.1 Å². The van der Waals surface area contributed by atoms with Crippen LogP contribution in [-0.2, 0) is 27.4 Å². The summed E-state index contributed by atoms with van der Waals surface area (Å²) in [6.45, 7) is 0.602. The van der Waals surface area contributed by atoms with E-state index in [0.717, 1.165) is 16.9 Å². The van der Waals surface area contributed by atoms with Gasteiger partial charge in [-0.25, -0.2) is 4.79 Å². The number of benzene rings is 3. The normalized spacial score (nSPS) is 16.4. The Morgan fingerprint density at radius 1 is 0.763 bits per heavy atom. The molecule has 0 bridgehead atoms. The lowest BCUT2D eigenvalue weighted by atomic mass is 9.87. The minimum Gasteiger partial charge on any atom is -0.497 e. The highest BCUT2D eigenvalue weighted by atomic mass is 16.5. The minimum absolute atomic E-state index is 0.192. The average molecular weight is 521 g/mol. The summed E-state index contributed by atoms with van der Waals surface area (Å²) in [4.78, 5) is 28.7. The second kappa shape index (κ2) is 11.9. The summed E-state index contributed by atoms with van der Waals surface area (Å²) in [5.74, 6) is 1.55. The lowest BCUT2D eigenvalue weighted by molar-refractivity contribution is -0.156. The van der Waals surface area contributed by atoms with Crippen LogP contribution >= 0.6 is 0 Å². The Morgan fingerprint density at radius 2 is 1.29 bits per heavy atom. The van der Waals surface area contributed by atoms with E-state index in [4.69, 9.17) is 23.7 Å². The van der Waals surface area contributed by atoms with Gasteiger partial charge in [-0.05, 0) is 58.7 Å². The van der Waals surface area contributed by atoms with Crippen LogP contribution in [0.1, 0.15) is 34.3 Å². The standard InChI is InChI=1S/C29H32N2O7/c1-34-20-10-6-18(7-11-20)16-30-26-22-14-24(36-3)25(37-4)15-23(22)27(29(33)38-5)31(28(26)32)17-19-8-12-21(35-2)13-9-19/h6-15,26-27,30H,16-17H2,1-5H3/t26-,27-/m1/s1. The van der Waals surface area contributed by atoms with Gasteiger partial charge in [0.25, 0.3) is 0 Å². The number of hydrogen-bond acceptors (Lipinski definition) is 8. The number of carbonyl (C=O) groups excluding carboxylic acids is 2. The number of nitrogens with one attached hydrogen (secondary N) is 1. The maximum atomic E-state index is 14.1. The van der Waals surface area contributed by atoms with Gasteiger partial charge < -0.3 is 28.6 Å². The molecule has 1 heterocycles. The molecule has 1 aliphatic rings. The van der Waals surface area contributed by atoms with Crippen molar-refractivity contribution in [1.82, 2.24) is 10.2 Å². The molecule has 0 aromatic heterocycles. The Labute approximate surface area is 222 Å². The molecule has 4 rings (SSSR count). The fourth-order valence-corrected chi connectivity index (χ4v) is 4.61. The zero-order chi connectivity index (χ0) is 27.2. The molecule has 3 aromatic rings. The molecule has 1 aliphatic heterocycles. The van der Waals surface area contributed by atoms with E-state index >= 15 is 0 Å². The SMILES string of the molecule is COC(=O)[C@H]1c2cc(OC)c(OC)cc2[C@@H](NCc2ccc(OC)cc2)C(=O)N1Cc1ccc(OC)cc1. The van der Waals surface area contributed by atoms with E-state index in [1.165, 1.54) is 26.2 Å². The highest BCUT2D eigenvalue weighted by Crippen LogP contribution is 2.43. The van der Waals surface area contributed by atoms with Crippen molar-refractivity contribution >= 4 is 11.9 Å². The monoisotopic (exact) mass is 520 g/mol. The van der Waals surface area contributed by atoms with E-state index in [1.807, 2.05) is 48.5 Å². The molecule has 1 N–H and O–H groups in total. The van der Waals surface area contributed by atoms with Gasteiger partial charge in [0.05, 0.1) is 35.5 Å². The van der Waals surface area contributed by atoms with Gasteiger partial charge in [-0.1, -0.05) is 24.3 Å². The van der Waals surface area contributed by atoms with Crippen LogP contribution in [0.25, 0.3) is 0 Å². The van der Waals surface area contributed by atoms with Gasteiger partial charge in [-0.2, -0.15) is 0 Å². The lowest BCUT2D eigenvalue weighted by Crippen LogP contribution is -2.49. The van der Waals surface area contributed by atoms with E-state index in [-0.39, 0.29) is 12.5 Å². The molecule has 3 aromatic carbocycles. The Balaban J connectivity index is 1.77. The third kappa shape index (κ3) is 5.38. The molecule has 9 nitrogen and oxygen atoms in total. The minimum atomic E-state index is -0.969. The molecular weight excluding hydrogens is 488 g/mol. The van der Waals surface area contributed by atoms with Crippen LogP contribution in [0.2, 0.25) is 0 Å². The summed E-state index contributed by atoms with van der Waals surface area (Å²) in [6, 6.07) is 16.7. The number of methoxy groups -OCH3 is 5. The van der Waals surface area contributed by atoms with Crippen molar-refractivity contribution in [3.8, 4) is 23.0 Å². The molecule has 0 radical (unpaired) electrons. The van der Waals surface area contributed by atoms with E-state index in [0.29, 0.717) is 34.9 Å². The lowest BCUT2D eigenvalue weighted by Gasteiger charge is -2.40. The number of nitrogens with zero attached hydrogens (tertiary/aromatic N) is 1. The Morgan fingerprint density at radius 3 is 1.79 bits per heavy atom. The third-order valence-corrected chi connectivity index (χ3v) is 6.64. The molecule has 2 atom stereocenters. The van der Waals surface area contributed by atoms with Crippen molar-refractivity contribution < 1.29 is 33.3 Å². The van der Waals surface area contributed by atoms with Crippen LogP contribution < -0.4 is 24.3 Å². The van der Waals surface area contributed by atoms with Crippen molar-refractivity contribution in [2.45, 2.75) is 25.2 Å². The first-order valence-corrected chi connectivity index (χ1v) is 12.1. The number of amides is 1. The predicted molar refractivity (Wildman–Crippen MR) is 140 cm³/mol. The molecule has 0 saturated carbocycles. The first kappa shape index (κ1) is 26.8. The number of hydrogen-bond donors (Lipinski definition) is 1. The maximum absolute atomic E-state index is 14.1. The molecule has 200 valence electrons. The molecule has 0 fully saturated rings. The van der Waals surface area contributed by atoms with Crippen LogP contribution in [0.3, 0.4) is 0 Å². The Kier molecular flexibility index (Phi) is 8.38. The molecule has 38 heavy (non-hydrogen) atoms. The second-order valence-electron chi connectivity index (χ2n) is 8.74. The van der Waals surface area contributed by atoms with Crippen LogP contribution in [0.5, 0.6) is 23.0 Å². The molecule has 0 saturated heterocycles. The molecule has 0 aliphatic carbocycles. The largest absolute Gasteiger partial charge is 0.497 e. The zero-order valence-corrected chi connectivity index (χ0v) is 22.1. The van der Waals surface area contributed by atoms with E-state index in [1.54, 1.807) is 26.4 Å². The first-order chi connectivity index (χ1) is 18.4. The van der Waals surface area contributed by atoms with E-state index in [2.05, 4.69) is 5.32 Å². The molecule has 0 spiro atoms. The summed E-state index contributed by atoms with van der Waals surface area (Å²) >= 11 is 0. The molecule has 0 unspecified atom stereocenters. The number of rotatable bonds is 10. The van der Waals surface area contributed by atoms with E-state index in [9.17, 15) is 9.59 Å². The van der Waals surface area contributed by atoms with Gasteiger partial charge >= 0.3 is 5.97 Å². The second-order valence-corrected chi connectivity index (χ2v) is 8.74. The summed E-state index contributed by atoms with van der Waals surface area (Å²) in [5, 5.41) is 3.38.